The van der Waals surface area contributed by atoms with E-state index in [9.17, 15) is 4.79 Å². The zero-order valence-corrected chi connectivity index (χ0v) is 15.6. The molecule has 0 bridgehead atoms. The maximum atomic E-state index is 12.4. The van der Waals surface area contributed by atoms with E-state index in [4.69, 9.17) is 0 Å². The van der Waals surface area contributed by atoms with Gasteiger partial charge in [-0.3, -0.25) is 4.79 Å². The molecule has 0 spiro atoms. The standard InChI is InChI=1S/C19H27N5O/c1-6-24(7-2)15-10-8-14(9-11-15)21-17(25)16-12-13-20-18(22-16)23-19(3,4)5/h8-13H,6-7H2,1-5H3,(H,21,25)(H,20,22,23). The fraction of sp³-hybridized carbons (Fsp3) is 0.421. The van der Waals surface area contributed by atoms with Crippen LogP contribution in [0.15, 0.2) is 36.5 Å². The number of nitrogens with one attached hydrogen (secondary N) is 2. The minimum atomic E-state index is -0.255. The second-order valence-corrected chi connectivity index (χ2v) is 6.81. The van der Waals surface area contributed by atoms with Gasteiger partial charge in [-0.2, -0.15) is 0 Å². The van der Waals surface area contributed by atoms with Crippen LogP contribution in [-0.4, -0.2) is 34.5 Å². The van der Waals surface area contributed by atoms with Crippen molar-refractivity contribution in [2.75, 3.05) is 28.6 Å². The lowest BCUT2D eigenvalue weighted by atomic mass is 10.1. The van der Waals surface area contributed by atoms with E-state index in [0.717, 1.165) is 24.5 Å². The van der Waals surface area contributed by atoms with Crippen LogP contribution in [0.1, 0.15) is 45.1 Å². The molecule has 134 valence electrons. The van der Waals surface area contributed by atoms with Gasteiger partial charge < -0.3 is 15.5 Å². The number of hydrogen-bond donors (Lipinski definition) is 2. The van der Waals surface area contributed by atoms with E-state index in [1.807, 2.05) is 45.0 Å². The maximum absolute atomic E-state index is 12.4. The molecule has 0 saturated heterocycles. The summed E-state index contributed by atoms with van der Waals surface area (Å²) in [6, 6.07) is 9.43. The Morgan fingerprint density at radius 1 is 1.08 bits per heavy atom. The molecule has 2 rings (SSSR count). The van der Waals surface area contributed by atoms with E-state index in [-0.39, 0.29) is 11.4 Å². The van der Waals surface area contributed by atoms with E-state index < -0.39 is 0 Å². The van der Waals surface area contributed by atoms with Gasteiger partial charge in [-0.25, -0.2) is 9.97 Å². The van der Waals surface area contributed by atoms with Crippen LogP contribution in [0, 0.1) is 0 Å². The fourth-order valence-corrected chi connectivity index (χ4v) is 2.42. The first-order valence-corrected chi connectivity index (χ1v) is 8.60. The first-order chi connectivity index (χ1) is 11.8. The molecule has 25 heavy (non-hydrogen) atoms. The van der Waals surface area contributed by atoms with Crippen LogP contribution >= 0.6 is 0 Å². The molecule has 1 aromatic carbocycles. The third-order valence-corrected chi connectivity index (χ3v) is 3.63. The fourth-order valence-electron chi connectivity index (χ4n) is 2.42. The molecule has 0 aliphatic carbocycles. The second-order valence-electron chi connectivity index (χ2n) is 6.81. The summed E-state index contributed by atoms with van der Waals surface area (Å²) < 4.78 is 0. The van der Waals surface area contributed by atoms with Gasteiger partial charge in [0.15, 0.2) is 0 Å². The lowest BCUT2D eigenvalue weighted by Crippen LogP contribution is -2.28. The van der Waals surface area contributed by atoms with Crippen LogP contribution in [-0.2, 0) is 0 Å². The number of nitrogens with zero attached hydrogens (tertiary/aromatic N) is 3. The van der Waals surface area contributed by atoms with Gasteiger partial charge in [0.1, 0.15) is 5.69 Å². The lowest BCUT2D eigenvalue weighted by Gasteiger charge is -2.21. The van der Waals surface area contributed by atoms with Gasteiger partial charge in [0.25, 0.3) is 5.91 Å². The van der Waals surface area contributed by atoms with Crippen molar-refractivity contribution in [1.82, 2.24) is 9.97 Å². The predicted molar refractivity (Wildman–Crippen MR) is 103 cm³/mol. The lowest BCUT2D eigenvalue weighted by molar-refractivity contribution is 0.102. The van der Waals surface area contributed by atoms with Crippen LogP contribution in [0.2, 0.25) is 0 Å². The number of rotatable bonds is 6. The molecular weight excluding hydrogens is 314 g/mol. The monoisotopic (exact) mass is 341 g/mol. The van der Waals surface area contributed by atoms with Gasteiger partial charge in [0.05, 0.1) is 0 Å². The Labute approximate surface area is 149 Å². The van der Waals surface area contributed by atoms with Crippen molar-refractivity contribution in [2.45, 2.75) is 40.2 Å². The molecule has 1 aromatic heterocycles. The minimum Gasteiger partial charge on any atom is -0.372 e. The van der Waals surface area contributed by atoms with Crippen LogP contribution in [0.25, 0.3) is 0 Å². The van der Waals surface area contributed by atoms with Gasteiger partial charge in [0.2, 0.25) is 5.95 Å². The number of aromatic nitrogens is 2. The Morgan fingerprint density at radius 2 is 1.72 bits per heavy atom. The average Bonchev–Trinajstić information content (AvgIpc) is 2.56. The molecule has 0 saturated carbocycles. The maximum Gasteiger partial charge on any atom is 0.274 e. The van der Waals surface area contributed by atoms with E-state index in [1.165, 1.54) is 0 Å². The highest BCUT2D eigenvalue weighted by Gasteiger charge is 2.14. The van der Waals surface area contributed by atoms with Crippen LogP contribution in [0.4, 0.5) is 17.3 Å². The van der Waals surface area contributed by atoms with Crippen LogP contribution in [0.3, 0.4) is 0 Å². The summed E-state index contributed by atoms with van der Waals surface area (Å²) in [5.41, 5.74) is 2.04. The third-order valence-electron chi connectivity index (χ3n) is 3.63. The SMILES string of the molecule is CCN(CC)c1ccc(NC(=O)c2ccnc(NC(C)(C)C)n2)cc1. The zero-order chi connectivity index (χ0) is 18.4. The molecule has 1 amide bonds. The Hall–Kier alpha value is -2.63. The van der Waals surface area contributed by atoms with E-state index in [2.05, 4.69) is 39.3 Å². The topological polar surface area (TPSA) is 70.2 Å². The molecule has 6 heteroatoms. The number of anilines is 3. The van der Waals surface area contributed by atoms with E-state index in [0.29, 0.717) is 11.6 Å². The normalized spacial score (nSPS) is 11.1. The number of amides is 1. The van der Waals surface area contributed by atoms with Crippen molar-refractivity contribution < 1.29 is 4.79 Å². The van der Waals surface area contributed by atoms with Crippen LogP contribution in [0.5, 0.6) is 0 Å². The summed E-state index contributed by atoms with van der Waals surface area (Å²) in [4.78, 5) is 23.1. The number of carbonyl (C=O) groups excluding carboxylic acids is 1. The Kier molecular flexibility index (Phi) is 5.96. The van der Waals surface area contributed by atoms with Crippen molar-refractivity contribution in [2.24, 2.45) is 0 Å². The number of hydrogen-bond acceptors (Lipinski definition) is 5. The van der Waals surface area contributed by atoms with Crippen LogP contribution < -0.4 is 15.5 Å². The molecule has 0 radical (unpaired) electrons. The van der Waals surface area contributed by atoms with E-state index >= 15 is 0 Å². The molecule has 0 fully saturated rings. The zero-order valence-electron chi connectivity index (χ0n) is 15.6. The second kappa shape index (κ2) is 7.96. The van der Waals surface area contributed by atoms with Crippen molar-refractivity contribution in [3.63, 3.8) is 0 Å². The smallest absolute Gasteiger partial charge is 0.274 e. The largest absolute Gasteiger partial charge is 0.372 e. The number of benzene rings is 1. The van der Waals surface area contributed by atoms with Crippen molar-refractivity contribution in [1.29, 1.82) is 0 Å². The number of carbonyl (C=O) groups is 1. The first kappa shape index (κ1) is 18.7. The molecule has 0 unspecified atom stereocenters. The highest BCUT2D eigenvalue weighted by atomic mass is 16.1. The van der Waals surface area contributed by atoms with Gasteiger partial charge in [-0.1, -0.05) is 0 Å². The quantitative estimate of drug-likeness (QED) is 0.836. The summed E-state index contributed by atoms with van der Waals surface area (Å²) in [5.74, 6) is 0.187. The summed E-state index contributed by atoms with van der Waals surface area (Å²) in [6.07, 6.45) is 1.58. The molecule has 1 heterocycles. The first-order valence-electron chi connectivity index (χ1n) is 8.60. The molecule has 2 N–H and O–H groups in total. The molecule has 6 nitrogen and oxygen atoms in total. The third kappa shape index (κ3) is 5.45. The summed E-state index contributed by atoms with van der Waals surface area (Å²) >= 11 is 0. The van der Waals surface area contributed by atoms with Gasteiger partial charge in [-0.15, -0.1) is 0 Å². The Balaban J connectivity index is 2.08. The molecule has 0 aliphatic rings. The summed E-state index contributed by atoms with van der Waals surface area (Å²) in [5, 5.41) is 6.04. The molecule has 2 aromatic rings. The van der Waals surface area contributed by atoms with Gasteiger partial charge >= 0.3 is 0 Å². The van der Waals surface area contributed by atoms with Crippen molar-refractivity contribution in [3.8, 4) is 0 Å². The Bertz CT molecular complexity index is 702. The van der Waals surface area contributed by atoms with Gasteiger partial charge in [0, 0.05) is 36.2 Å². The highest BCUT2D eigenvalue weighted by molar-refractivity contribution is 6.03. The average molecular weight is 341 g/mol. The molecular formula is C19H27N5O. The van der Waals surface area contributed by atoms with E-state index in [1.54, 1.807) is 12.3 Å². The summed E-state index contributed by atoms with van der Waals surface area (Å²) in [7, 11) is 0. The Morgan fingerprint density at radius 3 is 2.28 bits per heavy atom. The molecule has 0 aliphatic heterocycles. The molecule has 0 atom stereocenters. The predicted octanol–water partition coefficient (Wildman–Crippen LogP) is 3.79. The minimum absolute atomic E-state index is 0.171. The van der Waals surface area contributed by atoms with Crippen molar-refractivity contribution >= 4 is 23.2 Å². The van der Waals surface area contributed by atoms with Crippen molar-refractivity contribution in [3.05, 3.63) is 42.2 Å². The highest BCUT2D eigenvalue weighted by Crippen LogP contribution is 2.18. The summed E-state index contributed by atoms with van der Waals surface area (Å²) in [6.45, 7) is 12.2. The van der Waals surface area contributed by atoms with Gasteiger partial charge in [-0.05, 0) is 65.0 Å².